The topological polar surface area (TPSA) is 59.0 Å². The van der Waals surface area contributed by atoms with Gasteiger partial charge in [-0.25, -0.2) is 9.28 Å². The van der Waals surface area contributed by atoms with Crippen molar-refractivity contribution in [2.45, 2.75) is 11.3 Å². The SMILES string of the molecule is COOSc1ccc(N2CC[C@H](C(=O)O)C2)c(F)c1. The molecule has 1 aromatic rings. The minimum absolute atomic E-state index is 0.341. The number of carboxylic acids is 1. The molecule has 1 atom stereocenters. The number of anilines is 1. The summed E-state index contributed by atoms with van der Waals surface area (Å²) in [5.41, 5.74) is 0.422. The molecule has 1 aliphatic rings. The summed E-state index contributed by atoms with van der Waals surface area (Å²) in [4.78, 5) is 17.6. The van der Waals surface area contributed by atoms with Crippen molar-refractivity contribution < 1.29 is 23.5 Å². The van der Waals surface area contributed by atoms with Crippen LogP contribution in [0.15, 0.2) is 23.1 Å². The molecule has 1 heterocycles. The van der Waals surface area contributed by atoms with Gasteiger partial charge in [-0.1, -0.05) is 0 Å². The summed E-state index contributed by atoms with van der Waals surface area (Å²) in [6.07, 6.45) is 0.540. The highest BCUT2D eigenvalue weighted by Gasteiger charge is 2.29. The zero-order chi connectivity index (χ0) is 13.8. The van der Waals surface area contributed by atoms with Gasteiger partial charge in [0.05, 0.1) is 30.8 Å². The number of rotatable bonds is 5. The van der Waals surface area contributed by atoms with Gasteiger partial charge in [-0.05, 0) is 24.6 Å². The smallest absolute Gasteiger partial charge is 0.308 e. The highest BCUT2D eigenvalue weighted by atomic mass is 32.2. The van der Waals surface area contributed by atoms with Gasteiger partial charge in [0.15, 0.2) is 0 Å². The summed E-state index contributed by atoms with van der Waals surface area (Å²) in [7, 11) is 1.37. The van der Waals surface area contributed by atoms with Crippen molar-refractivity contribution in [2.24, 2.45) is 5.92 Å². The number of nitrogens with zero attached hydrogens (tertiary/aromatic N) is 1. The predicted molar refractivity (Wildman–Crippen MR) is 68.3 cm³/mol. The Morgan fingerprint density at radius 2 is 2.37 bits per heavy atom. The Morgan fingerprint density at radius 3 is 2.95 bits per heavy atom. The number of hydrogen-bond donors (Lipinski definition) is 1. The van der Waals surface area contributed by atoms with Crippen LogP contribution in [0.3, 0.4) is 0 Å². The van der Waals surface area contributed by atoms with Gasteiger partial charge in [0.1, 0.15) is 5.82 Å². The molecule has 0 aliphatic carbocycles. The molecule has 0 saturated carbocycles. The first kappa shape index (κ1) is 14.1. The van der Waals surface area contributed by atoms with Gasteiger partial charge in [0, 0.05) is 18.0 Å². The molecule has 0 spiro atoms. The fourth-order valence-corrected chi connectivity index (χ4v) is 2.47. The lowest BCUT2D eigenvalue weighted by Gasteiger charge is -2.19. The molecule has 2 rings (SSSR count). The van der Waals surface area contributed by atoms with Crippen LogP contribution in [0.5, 0.6) is 0 Å². The number of carbonyl (C=O) groups is 1. The van der Waals surface area contributed by atoms with Gasteiger partial charge < -0.3 is 10.0 Å². The van der Waals surface area contributed by atoms with Gasteiger partial charge >= 0.3 is 5.97 Å². The maximum absolute atomic E-state index is 14.0. The minimum atomic E-state index is -0.830. The van der Waals surface area contributed by atoms with Crippen LogP contribution in [0.2, 0.25) is 0 Å². The van der Waals surface area contributed by atoms with E-state index >= 15 is 0 Å². The first-order chi connectivity index (χ1) is 9.11. The van der Waals surface area contributed by atoms with Gasteiger partial charge in [0.2, 0.25) is 0 Å². The van der Waals surface area contributed by atoms with Crippen molar-refractivity contribution >= 4 is 23.7 Å². The van der Waals surface area contributed by atoms with E-state index in [9.17, 15) is 9.18 Å². The largest absolute Gasteiger partial charge is 0.481 e. The number of benzene rings is 1. The second-order valence-electron chi connectivity index (χ2n) is 4.20. The molecule has 0 radical (unpaired) electrons. The van der Waals surface area contributed by atoms with Crippen LogP contribution in [-0.2, 0) is 14.0 Å². The molecule has 0 aromatic heterocycles. The van der Waals surface area contributed by atoms with Gasteiger partial charge in [-0.2, -0.15) is 4.33 Å². The number of aliphatic carboxylic acids is 1. The van der Waals surface area contributed by atoms with Crippen LogP contribution >= 0.6 is 12.0 Å². The highest BCUT2D eigenvalue weighted by molar-refractivity contribution is 7.94. The van der Waals surface area contributed by atoms with Gasteiger partial charge in [-0.15, -0.1) is 0 Å². The zero-order valence-corrected chi connectivity index (χ0v) is 11.2. The first-order valence-corrected chi connectivity index (χ1v) is 6.50. The summed E-state index contributed by atoms with van der Waals surface area (Å²) in [6.45, 7) is 0.891. The molecule has 1 aliphatic heterocycles. The molecule has 1 fully saturated rings. The van der Waals surface area contributed by atoms with E-state index in [1.54, 1.807) is 17.0 Å². The molecule has 7 heteroatoms. The van der Waals surface area contributed by atoms with Crippen molar-refractivity contribution in [3.63, 3.8) is 0 Å². The number of carboxylic acid groups (broad SMARTS) is 1. The summed E-state index contributed by atoms with van der Waals surface area (Å²) in [5.74, 6) is -1.65. The van der Waals surface area contributed by atoms with E-state index in [4.69, 9.17) is 5.11 Å². The molecule has 19 heavy (non-hydrogen) atoms. The third-order valence-electron chi connectivity index (χ3n) is 3.00. The van der Waals surface area contributed by atoms with Crippen LogP contribution in [0, 0.1) is 11.7 Å². The average Bonchev–Trinajstić information content (AvgIpc) is 2.86. The van der Waals surface area contributed by atoms with E-state index in [2.05, 4.69) is 9.22 Å². The molecule has 0 unspecified atom stereocenters. The lowest BCUT2D eigenvalue weighted by atomic mass is 10.1. The van der Waals surface area contributed by atoms with E-state index in [1.807, 2.05) is 0 Å². The van der Waals surface area contributed by atoms with Gasteiger partial charge in [-0.3, -0.25) is 4.79 Å². The van der Waals surface area contributed by atoms with Crippen LogP contribution in [0.25, 0.3) is 0 Å². The lowest BCUT2D eigenvalue weighted by molar-refractivity contribution is -0.160. The maximum atomic E-state index is 14.0. The molecule has 104 valence electrons. The Bertz CT molecular complexity index is 471. The Morgan fingerprint density at radius 1 is 1.58 bits per heavy atom. The van der Waals surface area contributed by atoms with Crippen molar-refractivity contribution in [1.82, 2.24) is 0 Å². The molecular weight excluding hydrogens is 273 g/mol. The normalized spacial score (nSPS) is 18.8. The summed E-state index contributed by atoms with van der Waals surface area (Å²) in [5, 5.41) is 8.93. The maximum Gasteiger partial charge on any atom is 0.308 e. The monoisotopic (exact) mass is 287 g/mol. The third kappa shape index (κ3) is 3.37. The van der Waals surface area contributed by atoms with E-state index in [-0.39, 0.29) is 0 Å². The Balaban J connectivity index is 2.07. The van der Waals surface area contributed by atoms with Crippen LogP contribution in [0.1, 0.15) is 6.42 Å². The summed E-state index contributed by atoms with van der Waals surface area (Å²) >= 11 is 0.916. The van der Waals surface area contributed by atoms with Crippen molar-refractivity contribution in [2.75, 3.05) is 25.1 Å². The second-order valence-corrected chi connectivity index (χ2v) is 4.98. The summed E-state index contributed by atoms with van der Waals surface area (Å²) in [6, 6.07) is 4.67. The lowest BCUT2D eigenvalue weighted by Crippen LogP contribution is -2.23. The highest BCUT2D eigenvalue weighted by Crippen LogP contribution is 2.30. The van der Waals surface area contributed by atoms with E-state index in [0.717, 1.165) is 12.0 Å². The standard InChI is InChI=1S/C12H14FNO4S/c1-17-18-19-9-2-3-11(10(13)6-9)14-5-4-8(7-14)12(15)16/h2-3,6,8H,4-5,7H2,1H3,(H,15,16)/t8-/m0/s1. The Hall–Kier alpha value is -1.31. The van der Waals surface area contributed by atoms with E-state index in [1.165, 1.54) is 13.2 Å². The Labute approximate surface area is 114 Å². The van der Waals surface area contributed by atoms with Crippen LogP contribution < -0.4 is 4.90 Å². The predicted octanol–water partition coefficient (Wildman–Crippen LogP) is 2.32. The fraction of sp³-hybridized carbons (Fsp3) is 0.417. The molecular formula is C12H14FNO4S. The average molecular weight is 287 g/mol. The molecule has 1 saturated heterocycles. The zero-order valence-electron chi connectivity index (χ0n) is 10.3. The van der Waals surface area contributed by atoms with E-state index in [0.29, 0.717) is 30.1 Å². The van der Waals surface area contributed by atoms with Crippen molar-refractivity contribution in [3.8, 4) is 0 Å². The molecule has 0 amide bonds. The van der Waals surface area contributed by atoms with Gasteiger partial charge in [0.25, 0.3) is 0 Å². The first-order valence-electron chi connectivity index (χ1n) is 5.76. The third-order valence-corrected chi connectivity index (χ3v) is 3.65. The summed E-state index contributed by atoms with van der Waals surface area (Å²) < 4.78 is 18.6. The molecule has 0 bridgehead atoms. The molecule has 1 N–H and O–H groups in total. The molecule has 5 nitrogen and oxygen atoms in total. The molecule has 1 aromatic carbocycles. The van der Waals surface area contributed by atoms with Crippen LogP contribution in [0.4, 0.5) is 10.1 Å². The number of halogens is 1. The quantitative estimate of drug-likeness (QED) is 0.509. The minimum Gasteiger partial charge on any atom is -0.481 e. The second kappa shape index (κ2) is 6.23. The Kier molecular flexibility index (Phi) is 4.62. The van der Waals surface area contributed by atoms with Crippen molar-refractivity contribution in [3.05, 3.63) is 24.0 Å². The fourth-order valence-electron chi connectivity index (χ4n) is 2.05. The van der Waals surface area contributed by atoms with E-state index < -0.39 is 17.7 Å². The van der Waals surface area contributed by atoms with Crippen molar-refractivity contribution in [1.29, 1.82) is 0 Å². The van der Waals surface area contributed by atoms with Crippen LogP contribution in [-0.4, -0.2) is 31.3 Å². The number of hydrogen-bond acceptors (Lipinski definition) is 5.